The summed E-state index contributed by atoms with van der Waals surface area (Å²) >= 11 is 0. The summed E-state index contributed by atoms with van der Waals surface area (Å²) in [6.07, 6.45) is 5.16. The van der Waals surface area contributed by atoms with Gasteiger partial charge in [0.1, 0.15) is 0 Å². The fourth-order valence-electron chi connectivity index (χ4n) is 2.77. The van der Waals surface area contributed by atoms with Gasteiger partial charge in [0.05, 0.1) is 17.0 Å². The summed E-state index contributed by atoms with van der Waals surface area (Å²) in [5.74, 6) is 1.76. The van der Waals surface area contributed by atoms with E-state index in [0.717, 1.165) is 11.4 Å². The second-order valence-corrected chi connectivity index (χ2v) is 5.70. The molecule has 2 aromatic rings. The summed E-state index contributed by atoms with van der Waals surface area (Å²) in [4.78, 5) is 18.8. The highest BCUT2D eigenvalue weighted by atomic mass is 16.5. The molecule has 0 atom stereocenters. The average molecular weight is 332 g/mol. The molecule has 0 aliphatic carbocycles. The van der Waals surface area contributed by atoms with Crippen molar-refractivity contribution in [1.29, 1.82) is 0 Å². The SMILES string of the molecule is CC1=NN(c2ccccn2)C(=O)C1=CC=C1Oc2ccccc2N1C. The molecule has 2 aliphatic heterocycles. The predicted molar refractivity (Wildman–Crippen MR) is 96.5 cm³/mol. The molecule has 4 rings (SSSR count). The number of para-hydroxylation sites is 2. The van der Waals surface area contributed by atoms with Crippen molar-refractivity contribution in [2.75, 3.05) is 17.0 Å². The number of rotatable bonds is 2. The summed E-state index contributed by atoms with van der Waals surface area (Å²) < 4.78 is 5.83. The molecule has 0 unspecified atom stereocenters. The summed E-state index contributed by atoms with van der Waals surface area (Å²) in [6.45, 7) is 1.80. The zero-order chi connectivity index (χ0) is 17.4. The molecular formula is C19H16N4O2. The molecule has 0 spiro atoms. The number of ether oxygens (including phenoxy) is 1. The van der Waals surface area contributed by atoms with E-state index in [2.05, 4.69) is 10.1 Å². The van der Waals surface area contributed by atoms with Crippen molar-refractivity contribution in [1.82, 2.24) is 4.98 Å². The molecule has 124 valence electrons. The van der Waals surface area contributed by atoms with Gasteiger partial charge in [-0.15, -0.1) is 0 Å². The minimum atomic E-state index is -0.203. The normalized spacial score (nSPS) is 19.4. The first-order valence-corrected chi connectivity index (χ1v) is 7.89. The van der Waals surface area contributed by atoms with Crippen LogP contribution in [0.25, 0.3) is 0 Å². The Hall–Kier alpha value is -3.41. The van der Waals surface area contributed by atoms with E-state index in [1.54, 1.807) is 37.4 Å². The maximum Gasteiger partial charge on any atom is 0.282 e. The van der Waals surface area contributed by atoms with Crippen LogP contribution in [0.1, 0.15) is 6.92 Å². The van der Waals surface area contributed by atoms with Crippen LogP contribution < -0.4 is 14.6 Å². The molecular weight excluding hydrogens is 316 g/mol. The first kappa shape index (κ1) is 15.1. The van der Waals surface area contributed by atoms with Crippen LogP contribution in [-0.2, 0) is 4.79 Å². The van der Waals surface area contributed by atoms with Crippen LogP contribution in [0.4, 0.5) is 11.5 Å². The van der Waals surface area contributed by atoms with Gasteiger partial charge in [-0.25, -0.2) is 4.98 Å². The lowest BCUT2D eigenvalue weighted by Gasteiger charge is -2.10. The maximum absolute atomic E-state index is 12.6. The van der Waals surface area contributed by atoms with Crippen molar-refractivity contribution in [3.8, 4) is 5.75 Å². The van der Waals surface area contributed by atoms with E-state index in [1.807, 2.05) is 42.3 Å². The zero-order valence-electron chi connectivity index (χ0n) is 13.9. The third-order valence-corrected chi connectivity index (χ3v) is 4.09. The number of fused-ring (bicyclic) bond motifs is 1. The molecule has 6 heteroatoms. The summed E-state index contributed by atoms with van der Waals surface area (Å²) in [7, 11) is 1.92. The largest absolute Gasteiger partial charge is 0.439 e. The highest BCUT2D eigenvalue weighted by Gasteiger charge is 2.29. The number of benzene rings is 1. The summed E-state index contributed by atoms with van der Waals surface area (Å²) in [5, 5.41) is 5.62. The van der Waals surface area contributed by atoms with Crippen LogP contribution >= 0.6 is 0 Å². The van der Waals surface area contributed by atoms with Crippen LogP contribution in [0.2, 0.25) is 0 Å². The van der Waals surface area contributed by atoms with Crippen molar-refractivity contribution in [2.45, 2.75) is 6.92 Å². The number of allylic oxidation sites excluding steroid dienone is 2. The van der Waals surface area contributed by atoms with Crippen molar-refractivity contribution in [3.63, 3.8) is 0 Å². The lowest BCUT2D eigenvalue weighted by atomic mass is 10.1. The molecule has 0 fully saturated rings. The molecule has 1 aromatic carbocycles. The van der Waals surface area contributed by atoms with E-state index < -0.39 is 0 Å². The van der Waals surface area contributed by atoms with E-state index >= 15 is 0 Å². The van der Waals surface area contributed by atoms with Crippen LogP contribution in [-0.4, -0.2) is 23.7 Å². The van der Waals surface area contributed by atoms with Gasteiger partial charge in [-0.1, -0.05) is 18.2 Å². The van der Waals surface area contributed by atoms with Gasteiger partial charge in [0, 0.05) is 13.2 Å². The van der Waals surface area contributed by atoms with Crippen LogP contribution in [0, 0.1) is 0 Å². The standard InChI is InChI=1S/C19H16N4O2/c1-13-14(19(24)23(21-13)17-9-5-6-12-20-17)10-11-18-22(2)15-7-3-4-8-16(15)25-18/h3-12H,1-2H3. The van der Waals surface area contributed by atoms with Crippen molar-refractivity contribution in [2.24, 2.45) is 5.10 Å². The molecule has 0 radical (unpaired) electrons. The van der Waals surface area contributed by atoms with Gasteiger partial charge in [-0.05, 0) is 43.3 Å². The Balaban J connectivity index is 1.61. The van der Waals surface area contributed by atoms with Gasteiger partial charge in [-0.2, -0.15) is 10.1 Å². The van der Waals surface area contributed by atoms with Gasteiger partial charge in [0.25, 0.3) is 5.91 Å². The molecule has 0 saturated heterocycles. The Labute approximate surface area is 145 Å². The van der Waals surface area contributed by atoms with Crippen molar-refractivity contribution >= 4 is 23.1 Å². The van der Waals surface area contributed by atoms with Crippen LogP contribution in [0.5, 0.6) is 5.75 Å². The van der Waals surface area contributed by atoms with Crippen LogP contribution in [0.3, 0.4) is 0 Å². The molecule has 1 aromatic heterocycles. The van der Waals surface area contributed by atoms with Crippen molar-refractivity contribution < 1.29 is 9.53 Å². The van der Waals surface area contributed by atoms with E-state index in [4.69, 9.17) is 4.74 Å². The van der Waals surface area contributed by atoms with E-state index in [0.29, 0.717) is 23.0 Å². The first-order chi connectivity index (χ1) is 12.1. The van der Waals surface area contributed by atoms with Gasteiger partial charge < -0.3 is 9.64 Å². The second-order valence-electron chi connectivity index (χ2n) is 5.70. The van der Waals surface area contributed by atoms with Gasteiger partial charge in [0.15, 0.2) is 17.5 Å². The number of anilines is 2. The second kappa shape index (κ2) is 5.90. The molecule has 0 bridgehead atoms. The molecule has 25 heavy (non-hydrogen) atoms. The van der Waals surface area contributed by atoms with Crippen LogP contribution in [0.15, 0.2) is 77.4 Å². The zero-order valence-corrected chi connectivity index (χ0v) is 13.9. The number of hydrogen-bond acceptors (Lipinski definition) is 5. The van der Waals surface area contributed by atoms with Gasteiger partial charge in [0.2, 0.25) is 0 Å². The first-order valence-electron chi connectivity index (χ1n) is 7.89. The average Bonchev–Trinajstić information content (AvgIpc) is 3.11. The Bertz CT molecular complexity index is 931. The molecule has 3 heterocycles. The Kier molecular flexibility index (Phi) is 3.57. The van der Waals surface area contributed by atoms with Crippen molar-refractivity contribution in [3.05, 3.63) is 72.3 Å². The fraction of sp³-hybridized carbons (Fsp3) is 0.105. The highest BCUT2D eigenvalue weighted by molar-refractivity contribution is 6.29. The molecule has 2 aliphatic rings. The smallest absolute Gasteiger partial charge is 0.282 e. The van der Waals surface area contributed by atoms with E-state index in [-0.39, 0.29) is 5.91 Å². The monoisotopic (exact) mass is 332 g/mol. The molecule has 0 saturated carbocycles. The summed E-state index contributed by atoms with van der Waals surface area (Å²) in [5.41, 5.74) is 2.15. The number of hydrazone groups is 1. The van der Waals surface area contributed by atoms with Gasteiger partial charge in [-0.3, -0.25) is 4.79 Å². The fourth-order valence-corrected chi connectivity index (χ4v) is 2.77. The predicted octanol–water partition coefficient (Wildman–Crippen LogP) is 3.10. The third-order valence-electron chi connectivity index (χ3n) is 4.09. The Morgan fingerprint density at radius 3 is 2.64 bits per heavy atom. The third kappa shape index (κ3) is 2.57. The number of pyridine rings is 1. The number of carbonyl (C=O) groups excluding carboxylic acids is 1. The molecule has 0 N–H and O–H groups in total. The summed E-state index contributed by atoms with van der Waals surface area (Å²) in [6, 6.07) is 13.2. The number of aromatic nitrogens is 1. The Morgan fingerprint density at radius 2 is 1.88 bits per heavy atom. The topological polar surface area (TPSA) is 58.0 Å². The number of carbonyl (C=O) groups is 1. The lowest BCUT2D eigenvalue weighted by molar-refractivity contribution is -0.114. The number of nitrogens with zero attached hydrogens (tertiary/aromatic N) is 4. The quantitative estimate of drug-likeness (QED) is 0.793. The molecule has 6 nitrogen and oxygen atoms in total. The molecule has 1 amide bonds. The number of amides is 1. The maximum atomic E-state index is 12.6. The minimum Gasteiger partial charge on any atom is -0.439 e. The minimum absolute atomic E-state index is 0.203. The lowest BCUT2D eigenvalue weighted by Crippen LogP contribution is -2.22. The van der Waals surface area contributed by atoms with Gasteiger partial charge >= 0.3 is 0 Å². The number of hydrogen-bond donors (Lipinski definition) is 0. The van der Waals surface area contributed by atoms with E-state index in [9.17, 15) is 4.79 Å². The van der Waals surface area contributed by atoms with E-state index in [1.165, 1.54) is 5.01 Å². The Morgan fingerprint density at radius 1 is 1.08 bits per heavy atom. The highest BCUT2D eigenvalue weighted by Crippen LogP contribution is 2.37.